The summed E-state index contributed by atoms with van der Waals surface area (Å²) in [5.41, 5.74) is -0.544. The van der Waals surface area contributed by atoms with E-state index in [2.05, 4.69) is 18.8 Å². The first kappa shape index (κ1) is 23.9. The predicted octanol–water partition coefficient (Wildman–Crippen LogP) is 3.17. The third kappa shape index (κ3) is 4.11. The molecule has 5 nitrogen and oxygen atoms in total. The van der Waals surface area contributed by atoms with Gasteiger partial charge in [0.2, 0.25) is 5.91 Å². The maximum atomic E-state index is 13.8. The van der Waals surface area contributed by atoms with Gasteiger partial charge >= 0.3 is 0 Å². The van der Waals surface area contributed by atoms with Gasteiger partial charge in [0.1, 0.15) is 0 Å². The Bertz CT molecular complexity index is 952. The topological polar surface area (TPSA) is 89.8 Å². The molecule has 2 aliphatic carbocycles. The zero-order valence-electron chi connectivity index (χ0n) is 19.8. The van der Waals surface area contributed by atoms with Crippen molar-refractivity contribution in [1.82, 2.24) is 5.32 Å². The number of aliphatic hydroxyl groups excluding tert-OH is 2. The molecule has 1 heterocycles. The van der Waals surface area contributed by atoms with Crippen molar-refractivity contribution in [3.05, 3.63) is 72.4 Å². The Kier molecular flexibility index (Phi) is 6.43. The van der Waals surface area contributed by atoms with Gasteiger partial charge in [-0.25, -0.2) is 0 Å². The number of hydrogen-bond acceptors (Lipinski definition) is 4. The van der Waals surface area contributed by atoms with Gasteiger partial charge in [-0.2, -0.15) is 0 Å². The summed E-state index contributed by atoms with van der Waals surface area (Å²) in [7, 11) is 0. The average Bonchev–Trinajstić information content (AvgIpc) is 3.04. The number of rotatable bonds is 2. The molecule has 1 saturated heterocycles. The van der Waals surface area contributed by atoms with Gasteiger partial charge in [-0.15, -0.1) is 0 Å². The smallest absolute Gasteiger partial charge is 0.230 e. The standard InChI is InChI=1S/C28H37NO4/c1-17-9-8-12-21-25(31)19(3)18(2)24-22(15-20-10-6-5-7-11-20)29-26(32)28(21,24)23(30)13-14-27(4,33)16-17/h5-8,10-14,17-18,21-25,30-31,33H,3,9,15-16H2,1-2,4H3,(H,29,32)/t17?,18?,21?,22?,23?,24?,25?,27-,28-/m1/s1. The summed E-state index contributed by atoms with van der Waals surface area (Å²) in [6.45, 7) is 10.00. The van der Waals surface area contributed by atoms with E-state index in [4.69, 9.17) is 0 Å². The number of amides is 1. The van der Waals surface area contributed by atoms with Gasteiger partial charge in [-0.1, -0.05) is 75.1 Å². The molecule has 9 atom stereocenters. The van der Waals surface area contributed by atoms with Crippen LogP contribution < -0.4 is 5.32 Å². The van der Waals surface area contributed by atoms with E-state index in [1.54, 1.807) is 19.1 Å². The Hall–Kier alpha value is -2.21. The van der Waals surface area contributed by atoms with Gasteiger partial charge in [0, 0.05) is 17.9 Å². The molecule has 3 aliphatic rings. The molecule has 0 bridgehead atoms. The number of nitrogens with one attached hydrogen (secondary N) is 1. The molecule has 178 valence electrons. The summed E-state index contributed by atoms with van der Waals surface area (Å²) >= 11 is 0. The molecule has 33 heavy (non-hydrogen) atoms. The summed E-state index contributed by atoms with van der Waals surface area (Å²) in [4.78, 5) is 13.8. The minimum atomic E-state index is -1.25. The van der Waals surface area contributed by atoms with Crippen LogP contribution in [-0.4, -0.2) is 45.1 Å². The minimum Gasteiger partial charge on any atom is -0.388 e. The fraction of sp³-hybridized carbons (Fsp3) is 0.536. The largest absolute Gasteiger partial charge is 0.388 e. The Morgan fingerprint density at radius 3 is 2.55 bits per heavy atom. The van der Waals surface area contributed by atoms with Crippen LogP contribution in [0.25, 0.3) is 0 Å². The van der Waals surface area contributed by atoms with Crippen LogP contribution in [0.1, 0.15) is 39.2 Å². The lowest BCUT2D eigenvalue weighted by molar-refractivity contribution is -0.147. The maximum Gasteiger partial charge on any atom is 0.230 e. The molecule has 1 aromatic rings. The lowest BCUT2D eigenvalue weighted by Gasteiger charge is -2.51. The van der Waals surface area contributed by atoms with E-state index in [-0.39, 0.29) is 29.7 Å². The molecule has 4 N–H and O–H groups in total. The molecular formula is C28H37NO4. The van der Waals surface area contributed by atoms with Crippen LogP contribution in [0.3, 0.4) is 0 Å². The van der Waals surface area contributed by atoms with E-state index in [9.17, 15) is 20.1 Å². The fourth-order valence-corrected chi connectivity index (χ4v) is 6.61. The summed E-state index contributed by atoms with van der Waals surface area (Å²) in [5.74, 6) is -1.09. The molecule has 1 aromatic carbocycles. The quantitative estimate of drug-likeness (QED) is 0.520. The Morgan fingerprint density at radius 1 is 1.15 bits per heavy atom. The Labute approximate surface area is 196 Å². The summed E-state index contributed by atoms with van der Waals surface area (Å²) in [5, 5.41) is 37.0. The maximum absolute atomic E-state index is 13.8. The number of hydrogen-bond donors (Lipinski definition) is 4. The Morgan fingerprint density at radius 2 is 1.85 bits per heavy atom. The highest BCUT2D eigenvalue weighted by Crippen LogP contribution is 2.57. The molecule has 2 fully saturated rings. The SMILES string of the molecule is C=C1C(C)C2C(Cc3ccccc3)NC(=O)[C@]23C(O)C=C[C@@](C)(O)CC(C)CC=CC3C1O. The molecule has 1 saturated carbocycles. The van der Waals surface area contributed by atoms with Crippen molar-refractivity contribution in [1.29, 1.82) is 0 Å². The first-order valence-electron chi connectivity index (χ1n) is 12.1. The van der Waals surface area contributed by atoms with Gasteiger partial charge in [0.15, 0.2) is 0 Å². The normalized spacial score (nSPS) is 43.4. The first-order valence-corrected chi connectivity index (χ1v) is 12.1. The van der Waals surface area contributed by atoms with E-state index in [0.717, 1.165) is 5.56 Å². The monoisotopic (exact) mass is 451 g/mol. The van der Waals surface area contributed by atoms with Crippen molar-refractivity contribution in [3.63, 3.8) is 0 Å². The van der Waals surface area contributed by atoms with Crippen LogP contribution in [0.5, 0.6) is 0 Å². The third-order valence-electron chi connectivity index (χ3n) is 8.16. The molecular weight excluding hydrogens is 414 g/mol. The van der Waals surface area contributed by atoms with Crippen molar-refractivity contribution in [3.8, 4) is 0 Å². The summed E-state index contributed by atoms with van der Waals surface area (Å²) in [6, 6.07) is 9.80. The molecule has 0 radical (unpaired) electrons. The zero-order chi connectivity index (χ0) is 24.0. The van der Waals surface area contributed by atoms with Crippen LogP contribution in [0.2, 0.25) is 0 Å². The van der Waals surface area contributed by atoms with Crippen LogP contribution in [0.4, 0.5) is 0 Å². The highest BCUT2D eigenvalue weighted by Gasteiger charge is 2.67. The van der Waals surface area contributed by atoms with E-state index >= 15 is 0 Å². The average molecular weight is 452 g/mol. The highest BCUT2D eigenvalue weighted by atomic mass is 16.3. The van der Waals surface area contributed by atoms with Crippen molar-refractivity contribution in [2.45, 2.75) is 63.9 Å². The number of benzene rings is 1. The van der Waals surface area contributed by atoms with Crippen molar-refractivity contribution in [2.75, 3.05) is 0 Å². The van der Waals surface area contributed by atoms with Gasteiger partial charge in [0.05, 0.1) is 23.2 Å². The lowest BCUT2D eigenvalue weighted by atomic mass is 9.51. The van der Waals surface area contributed by atoms with Crippen molar-refractivity contribution < 1.29 is 20.1 Å². The van der Waals surface area contributed by atoms with Crippen LogP contribution in [0.15, 0.2) is 66.8 Å². The molecule has 5 heteroatoms. The lowest BCUT2D eigenvalue weighted by Crippen LogP contribution is -2.59. The number of aliphatic hydroxyl groups is 3. The molecule has 0 aromatic heterocycles. The van der Waals surface area contributed by atoms with Crippen LogP contribution >= 0.6 is 0 Å². The van der Waals surface area contributed by atoms with Gasteiger partial charge in [0.25, 0.3) is 0 Å². The van der Waals surface area contributed by atoms with E-state index in [1.807, 2.05) is 49.4 Å². The van der Waals surface area contributed by atoms with Crippen molar-refractivity contribution in [2.24, 2.45) is 29.1 Å². The zero-order valence-corrected chi connectivity index (χ0v) is 19.8. The second-order valence-corrected chi connectivity index (χ2v) is 10.7. The van der Waals surface area contributed by atoms with E-state index in [1.165, 1.54) is 0 Å². The van der Waals surface area contributed by atoms with Crippen molar-refractivity contribution >= 4 is 5.91 Å². The highest BCUT2D eigenvalue weighted by molar-refractivity contribution is 5.88. The van der Waals surface area contributed by atoms with Crippen LogP contribution in [-0.2, 0) is 11.2 Å². The second kappa shape index (κ2) is 8.86. The second-order valence-electron chi connectivity index (χ2n) is 10.7. The molecule has 1 spiro atoms. The van der Waals surface area contributed by atoms with Crippen LogP contribution in [0, 0.1) is 29.1 Å². The van der Waals surface area contributed by atoms with Gasteiger partial charge in [-0.05, 0) is 49.2 Å². The van der Waals surface area contributed by atoms with Gasteiger partial charge < -0.3 is 20.6 Å². The Balaban J connectivity index is 1.85. The number of allylic oxidation sites excluding steroid dienone is 1. The predicted molar refractivity (Wildman–Crippen MR) is 129 cm³/mol. The minimum absolute atomic E-state index is 0.176. The van der Waals surface area contributed by atoms with E-state index in [0.29, 0.717) is 24.8 Å². The molecule has 4 rings (SSSR count). The molecule has 1 aliphatic heterocycles. The summed E-state index contributed by atoms with van der Waals surface area (Å²) in [6.07, 6.45) is 6.88. The summed E-state index contributed by atoms with van der Waals surface area (Å²) < 4.78 is 0. The molecule has 1 amide bonds. The van der Waals surface area contributed by atoms with E-state index < -0.39 is 29.1 Å². The molecule has 7 unspecified atom stereocenters. The first-order chi connectivity index (χ1) is 15.6. The van der Waals surface area contributed by atoms with Gasteiger partial charge in [-0.3, -0.25) is 4.79 Å². The third-order valence-corrected chi connectivity index (χ3v) is 8.16. The number of carbonyl (C=O) groups excluding carboxylic acids is 1. The fourth-order valence-electron chi connectivity index (χ4n) is 6.61. The number of carbonyl (C=O) groups is 1.